The van der Waals surface area contributed by atoms with Crippen molar-refractivity contribution in [3.63, 3.8) is 0 Å². The largest absolute Gasteiger partial charge is 0.481 e. The molecule has 16 atom stereocenters. The van der Waals surface area contributed by atoms with E-state index in [1.807, 2.05) is 20.8 Å². The second kappa shape index (κ2) is 13.4. The van der Waals surface area contributed by atoms with Gasteiger partial charge in [0.1, 0.15) is 6.10 Å². The summed E-state index contributed by atoms with van der Waals surface area (Å²) in [5, 5.41) is 41.6. The summed E-state index contributed by atoms with van der Waals surface area (Å²) in [6, 6.07) is 0. The number of carboxylic acids is 1. The lowest BCUT2D eigenvalue weighted by Gasteiger charge is -2.46. The van der Waals surface area contributed by atoms with Crippen molar-refractivity contribution in [2.75, 3.05) is 6.61 Å². The summed E-state index contributed by atoms with van der Waals surface area (Å²) in [5.74, 6) is -5.39. The van der Waals surface area contributed by atoms with E-state index in [1.54, 1.807) is 0 Å². The monoisotopic (exact) mass is 670 g/mol. The van der Waals surface area contributed by atoms with Crippen molar-refractivity contribution in [2.24, 2.45) is 29.6 Å². The van der Waals surface area contributed by atoms with Crippen molar-refractivity contribution in [3.05, 3.63) is 0 Å². The van der Waals surface area contributed by atoms with Gasteiger partial charge in [-0.05, 0) is 64.7 Å². The third-order valence-corrected chi connectivity index (χ3v) is 12.3. The molecule has 0 aromatic rings. The lowest BCUT2D eigenvalue weighted by Crippen LogP contribution is -2.55. The van der Waals surface area contributed by atoms with Gasteiger partial charge in [0.2, 0.25) is 0 Å². The zero-order chi connectivity index (χ0) is 34.7. The van der Waals surface area contributed by atoms with Crippen molar-refractivity contribution in [1.29, 1.82) is 0 Å². The molecule has 270 valence electrons. The number of rotatable bonds is 9. The van der Waals surface area contributed by atoms with E-state index in [9.17, 15) is 30.0 Å². The molecule has 5 fully saturated rings. The minimum atomic E-state index is -1.58. The van der Waals surface area contributed by atoms with Crippen LogP contribution in [0.4, 0.5) is 0 Å². The predicted molar refractivity (Wildman–Crippen MR) is 168 cm³/mol. The Morgan fingerprint density at radius 1 is 0.979 bits per heavy atom. The second-order valence-electron chi connectivity index (χ2n) is 16.1. The highest BCUT2D eigenvalue weighted by Crippen LogP contribution is 2.53. The lowest BCUT2D eigenvalue weighted by atomic mass is 9.80. The number of aliphatic hydroxyl groups is 3. The van der Waals surface area contributed by atoms with Crippen LogP contribution in [-0.2, 0) is 38.0 Å². The number of ether oxygens (including phenoxy) is 6. The molecule has 5 rings (SSSR count). The maximum Gasteiger partial charge on any atom is 0.309 e. The van der Waals surface area contributed by atoms with Gasteiger partial charge in [0, 0.05) is 38.0 Å². The standard InChI is InChI=1S/C35H58O12/c1-18-13-20(3)35(41,17-36)46-29(18)27-14-19(2)30(43-27)33(8)10-9-28(45-33)32(7)11-12-34(47-32)16-24(38)21(4)26(44-34)15-25(42-23(6)37)22(5)31(39)40/h18-22,24-30,36,38,41H,9-17H2,1-8H3,(H,39,40)/t18-,19-,20+,21+,22?,24-,25+,26?,27+,28+,29-,30+,32-,33-,34?,35-/m0/s1. The molecule has 5 heterocycles. The summed E-state index contributed by atoms with van der Waals surface area (Å²) in [5.41, 5.74) is -1.27. The van der Waals surface area contributed by atoms with Crippen LogP contribution in [0.15, 0.2) is 0 Å². The van der Waals surface area contributed by atoms with Crippen LogP contribution in [0.5, 0.6) is 0 Å². The molecule has 3 unspecified atom stereocenters. The quantitative estimate of drug-likeness (QED) is 0.264. The number of esters is 1. The van der Waals surface area contributed by atoms with Crippen LogP contribution in [0.25, 0.3) is 0 Å². The van der Waals surface area contributed by atoms with Crippen LogP contribution in [0, 0.1) is 29.6 Å². The van der Waals surface area contributed by atoms with E-state index in [4.69, 9.17) is 28.4 Å². The average molecular weight is 671 g/mol. The van der Waals surface area contributed by atoms with Gasteiger partial charge < -0.3 is 48.8 Å². The third-order valence-electron chi connectivity index (χ3n) is 12.3. The molecular formula is C35H58O12. The van der Waals surface area contributed by atoms with Gasteiger partial charge in [0.05, 0.1) is 60.4 Å². The Balaban J connectivity index is 1.25. The summed E-state index contributed by atoms with van der Waals surface area (Å²) in [7, 11) is 0. The molecule has 0 aliphatic carbocycles. The first-order valence-electron chi connectivity index (χ1n) is 17.6. The molecule has 4 N–H and O–H groups in total. The Morgan fingerprint density at radius 2 is 1.68 bits per heavy atom. The fourth-order valence-corrected chi connectivity index (χ4v) is 9.13. The molecule has 47 heavy (non-hydrogen) atoms. The topological polar surface area (TPSA) is 170 Å². The predicted octanol–water partition coefficient (Wildman–Crippen LogP) is 3.55. The van der Waals surface area contributed by atoms with E-state index in [1.165, 1.54) is 13.8 Å². The highest BCUT2D eigenvalue weighted by atomic mass is 16.7. The molecule has 1 spiro atoms. The van der Waals surface area contributed by atoms with Crippen LogP contribution in [0.2, 0.25) is 0 Å². The number of carbonyl (C=O) groups excluding carboxylic acids is 1. The number of carbonyl (C=O) groups is 2. The first-order valence-corrected chi connectivity index (χ1v) is 17.6. The fourth-order valence-electron chi connectivity index (χ4n) is 9.13. The van der Waals surface area contributed by atoms with E-state index in [0.29, 0.717) is 12.8 Å². The number of carboxylic acid groups (broad SMARTS) is 1. The first-order chi connectivity index (χ1) is 21.8. The molecule has 5 saturated heterocycles. The van der Waals surface area contributed by atoms with Crippen LogP contribution in [0.1, 0.15) is 107 Å². The summed E-state index contributed by atoms with van der Waals surface area (Å²) in [6.07, 6.45) is 1.36. The number of hydrogen-bond donors (Lipinski definition) is 4. The molecule has 0 bridgehead atoms. The molecule has 12 nitrogen and oxygen atoms in total. The Bertz CT molecular complexity index is 1150. The van der Waals surface area contributed by atoms with E-state index in [0.717, 1.165) is 25.7 Å². The van der Waals surface area contributed by atoms with Gasteiger partial charge in [-0.3, -0.25) is 9.59 Å². The van der Waals surface area contributed by atoms with Crippen molar-refractivity contribution in [3.8, 4) is 0 Å². The molecule has 0 aromatic carbocycles. The zero-order valence-corrected chi connectivity index (χ0v) is 29.3. The summed E-state index contributed by atoms with van der Waals surface area (Å²) in [6.45, 7) is 14.5. The highest BCUT2D eigenvalue weighted by molar-refractivity contribution is 5.71. The van der Waals surface area contributed by atoms with Gasteiger partial charge in [0.25, 0.3) is 0 Å². The maximum atomic E-state index is 11.8. The van der Waals surface area contributed by atoms with Crippen LogP contribution < -0.4 is 0 Å². The highest BCUT2D eigenvalue weighted by Gasteiger charge is 2.61. The molecule has 12 heteroatoms. The average Bonchev–Trinajstić information content (AvgIpc) is 3.68. The zero-order valence-electron chi connectivity index (χ0n) is 29.3. The Kier molecular flexibility index (Phi) is 10.5. The molecule has 0 radical (unpaired) electrons. The normalized spacial score (nSPS) is 50.0. The minimum absolute atomic E-state index is 0.126. The van der Waals surface area contributed by atoms with Crippen LogP contribution >= 0.6 is 0 Å². The van der Waals surface area contributed by atoms with Crippen LogP contribution in [-0.4, -0.2) is 104 Å². The van der Waals surface area contributed by atoms with Gasteiger partial charge in [0.15, 0.2) is 11.6 Å². The molecule has 0 saturated carbocycles. The number of aliphatic hydroxyl groups excluding tert-OH is 2. The fraction of sp³-hybridized carbons (Fsp3) is 0.943. The van der Waals surface area contributed by atoms with Crippen molar-refractivity contribution < 1.29 is 58.4 Å². The first kappa shape index (κ1) is 36.9. The van der Waals surface area contributed by atoms with Crippen LogP contribution in [0.3, 0.4) is 0 Å². The van der Waals surface area contributed by atoms with Crippen molar-refractivity contribution in [2.45, 2.75) is 172 Å². The molecule has 0 aromatic heterocycles. The molecule has 0 amide bonds. The summed E-state index contributed by atoms with van der Waals surface area (Å²) in [4.78, 5) is 23.6. The van der Waals surface area contributed by atoms with E-state index < -0.39 is 65.6 Å². The van der Waals surface area contributed by atoms with Gasteiger partial charge in [-0.25, -0.2) is 0 Å². The summed E-state index contributed by atoms with van der Waals surface area (Å²) >= 11 is 0. The Morgan fingerprint density at radius 3 is 2.32 bits per heavy atom. The molecule has 5 aliphatic heterocycles. The molecular weight excluding hydrogens is 612 g/mol. The Hall–Kier alpha value is -1.38. The van der Waals surface area contributed by atoms with Crippen molar-refractivity contribution in [1.82, 2.24) is 0 Å². The molecule has 5 aliphatic rings. The van der Waals surface area contributed by atoms with E-state index in [2.05, 4.69) is 20.8 Å². The smallest absolute Gasteiger partial charge is 0.309 e. The second-order valence-corrected chi connectivity index (χ2v) is 16.1. The van der Waals surface area contributed by atoms with E-state index >= 15 is 0 Å². The maximum absolute atomic E-state index is 11.8. The van der Waals surface area contributed by atoms with Crippen molar-refractivity contribution >= 4 is 11.9 Å². The van der Waals surface area contributed by atoms with Gasteiger partial charge in [-0.2, -0.15) is 0 Å². The SMILES string of the molecule is CC(=O)O[C@H](CC1OC2(CC[C@@](C)([C@H]3CC[C@@](C)([C@@H]4O[C@@H]([C@H]5O[C@@](O)(CO)[C@H](C)C[C@@H]5C)C[C@@H]4C)O3)O2)C[C@H](O)[C@H]1C)C(C)C(=O)O. The third kappa shape index (κ3) is 7.13. The van der Waals surface area contributed by atoms with Gasteiger partial charge in [-0.1, -0.05) is 27.7 Å². The number of aliphatic carboxylic acids is 1. The minimum Gasteiger partial charge on any atom is -0.481 e. The Labute approximate surface area is 278 Å². The van der Waals surface area contributed by atoms with Gasteiger partial charge >= 0.3 is 11.9 Å². The lowest BCUT2D eigenvalue weighted by molar-refractivity contribution is -0.330. The number of hydrogen-bond acceptors (Lipinski definition) is 11. The van der Waals surface area contributed by atoms with Gasteiger partial charge in [-0.15, -0.1) is 0 Å². The van der Waals surface area contributed by atoms with E-state index in [-0.39, 0.29) is 60.9 Å². The summed E-state index contributed by atoms with van der Waals surface area (Å²) < 4.78 is 38.5.